The van der Waals surface area contributed by atoms with Gasteiger partial charge in [-0.25, -0.2) is 0 Å². The van der Waals surface area contributed by atoms with Crippen LogP contribution in [0.1, 0.15) is 33.6 Å². The van der Waals surface area contributed by atoms with Crippen molar-refractivity contribution in [1.29, 1.82) is 0 Å². The second-order valence-electron chi connectivity index (χ2n) is 6.15. The zero-order valence-electron chi connectivity index (χ0n) is 11.4. The fourth-order valence-electron chi connectivity index (χ4n) is 2.01. The Balaban J connectivity index is 2.61. The van der Waals surface area contributed by atoms with E-state index in [0.29, 0.717) is 6.42 Å². The van der Waals surface area contributed by atoms with E-state index in [1.54, 1.807) is 13.3 Å². The third kappa shape index (κ3) is 4.81. The normalized spacial score (nSPS) is 26.6. The van der Waals surface area contributed by atoms with E-state index in [1.807, 2.05) is 20.8 Å². The molecule has 0 amide bonds. The van der Waals surface area contributed by atoms with Gasteiger partial charge in [0.25, 0.3) is 0 Å². The average molecular weight is 261 g/mol. The van der Waals surface area contributed by atoms with Crippen molar-refractivity contribution in [2.24, 2.45) is 0 Å². The lowest BCUT2D eigenvalue weighted by atomic mass is 10.0. The number of hydrogen-bond acceptors (Lipinski definition) is 4. The van der Waals surface area contributed by atoms with Gasteiger partial charge < -0.3 is 14.6 Å². The molecule has 0 unspecified atom stereocenters. The van der Waals surface area contributed by atoms with Crippen LogP contribution in [-0.2, 0) is 14.1 Å². The van der Waals surface area contributed by atoms with Crippen molar-refractivity contribution in [2.75, 3.05) is 19.9 Å². The van der Waals surface area contributed by atoms with Crippen LogP contribution in [0.3, 0.4) is 0 Å². The standard InChI is InChI=1S/C12H24NO3P/c1-12(2,3)16-11(14)10-8-9(6-7-13-10)17(4,5)15/h9-10,13H,6-8H2,1-5H3/t9-,10+/m1/s1. The number of rotatable bonds is 2. The molecule has 1 aliphatic heterocycles. The van der Waals surface area contributed by atoms with Crippen LogP contribution < -0.4 is 5.32 Å². The number of carbonyl (C=O) groups is 1. The molecule has 0 radical (unpaired) electrons. The van der Waals surface area contributed by atoms with E-state index in [4.69, 9.17) is 4.74 Å². The van der Waals surface area contributed by atoms with Gasteiger partial charge in [0.05, 0.1) is 7.14 Å². The summed E-state index contributed by atoms with van der Waals surface area (Å²) >= 11 is 0. The molecular formula is C12H24NO3P. The van der Waals surface area contributed by atoms with Gasteiger partial charge in [-0.15, -0.1) is 0 Å². The van der Waals surface area contributed by atoms with Gasteiger partial charge in [-0.2, -0.15) is 0 Å². The van der Waals surface area contributed by atoms with E-state index >= 15 is 0 Å². The predicted molar refractivity (Wildman–Crippen MR) is 70.1 cm³/mol. The lowest BCUT2D eigenvalue weighted by molar-refractivity contribution is -0.158. The average Bonchev–Trinajstić information content (AvgIpc) is 2.14. The van der Waals surface area contributed by atoms with Crippen molar-refractivity contribution in [2.45, 2.75) is 50.9 Å². The van der Waals surface area contributed by atoms with Crippen molar-refractivity contribution in [3.05, 3.63) is 0 Å². The van der Waals surface area contributed by atoms with Crippen LogP contribution in [0.5, 0.6) is 0 Å². The minimum atomic E-state index is -2.12. The first-order valence-corrected chi connectivity index (χ1v) is 8.77. The van der Waals surface area contributed by atoms with Crippen LogP contribution >= 0.6 is 7.14 Å². The molecule has 1 aliphatic rings. The van der Waals surface area contributed by atoms with Crippen molar-refractivity contribution in [1.82, 2.24) is 5.32 Å². The highest BCUT2D eigenvalue weighted by Gasteiger charge is 2.35. The van der Waals surface area contributed by atoms with E-state index in [9.17, 15) is 9.36 Å². The molecule has 5 heteroatoms. The van der Waals surface area contributed by atoms with Crippen molar-refractivity contribution >= 4 is 13.1 Å². The predicted octanol–water partition coefficient (Wildman–Crippen LogP) is 2.07. The largest absolute Gasteiger partial charge is 0.459 e. The Kier molecular flexibility index (Phi) is 4.43. The number of nitrogens with one attached hydrogen (secondary N) is 1. The van der Waals surface area contributed by atoms with Gasteiger partial charge in [0.15, 0.2) is 0 Å². The van der Waals surface area contributed by atoms with Crippen LogP contribution in [0.25, 0.3) is 0 Å². The van der Waals surface area contributed by atoms with Crippen molar-refractivity contribution in [3.8, 4) is 0 Å². The molecule has 1 N–H and O–H groups in total. The highest BCUT2D eigenvalue weighted by molar-refractivity contribution is 7.63. The molecule has 1 rings (SSSR count). The number of hydrogen-bond donors (Lipinski definition) is 1. The molecule has 1 fully saturated rings. The summed E-state index contributed by atoms with van der Waals surface area (Å²) in [5.41, 5.74) is -0.324. The number of esters is 1. The molecule has 0 aliphatic carbocycles. The fraction of sp³-hybridized carbons (Fsp3) is 0.917. The summed E-state index contributed by atoms with van der Waals surface area (Å²) in [5.74, 6) is -0.226. The Morgan fingerprint density at radius 3 is 2.41 bits per heavy atom. The highest BCUT2D eigenvalue weighted by Crippen LogP contribution is 2.47. The molecule has 0 aromatic rings. The van der Waals surface area contributed by atoms with Crippen LogP contribution in [0.15, 0.2) is 0 Å². The fourth-order valence-corrected chi connectivity index (χ4v) is 3.48. The maximum absolute atomic E-state index is 12.0. The molecule has 0 aromatic heterocycles. The number of piperidine rings is 1. The molecule has 17 heavy (non-hydrogen) atoms. The molecule has 0 saturated carbocycles. The van der Waals surface area contributed by atoms with Crippen LogP contribution in [0.4, 0.5) is 0 Å². The van der Waals surface area contributed by atoms with Crippen LogP contribution in [-0.4, -0.2) is 43.1 Å². The van der Waals surface area contributed by atoms with Gasteiger partial charge in [-0.3, -0.25) is 4.79 Å². The van der Waals surface area contributed by atoms with E-state index < -0.39 is 12.7 Å². The number of ether oxygens (including phenoxy) is 1. The van der Waals surface area contributed by atoms with Gasteiger partial charge in [0.2, 0.25) is 0 Å². The first-order valence-electron chi connectivity index (χ1n) is 6.10. The second kappa shape index (κ2) is 5.11. The highest BCUT2D eigenvalue weighted by atomic mass is 31.2. The maximum atomic E-state index is 12.0. The Morgan fingerprint density at radius 2 is 1.94 bits per heavy atom. The molecule has 1 saturated heterocycles. The zero-order valence-corrected chi connectivity index (χ0v) is 12.3. The van der Waals surface area contributed by atoms with Gasteiger partial charge in [0.1, 0.15) is 11.6 Å². The summed E-state index contributed by atoms with van der Waals surface area (Å²) < 4.78 is 17.4. The maximum Gasteiger partial charge on any atom is 0.323 e. The van der Waals surface area contributed by atoms with Gasteiger partial charge in [-0.1, -0.05) is 0 Å². The van der Waals surface area contributed by atoms with Gasteiger partial charge >= 0.3 is 5.97 Å². The third-order valence-corrected chi connectivity index (χ3v) is 5.17. The monoisotopic (exact) mass is 261 g/mol. The number of carbonyl (C=O) groups excluding carboxylic acids is 1. The first kappa shape index (κ1) is 14.7. The summed E-state index contributed by atoms with van der Waals surface area (Å²) in [5, 5.41) is 3.15. The Hall–Kier alpha value is -0.340. The molecule has 1 heterocycles. The molecular weight excluding hydrogens is 237 g/mol. The molecule has 2 atom stereocenters. The molecule has 0 spiro atoms. The molecule has 0 bridgehead atoms. The van der Waals surface area contributed by atoms with E-state index in [2.05, 4.69) is 5.32 Å². The Bertz CT molecular complexity index is 329. The summed E-state index contributed by atoms with van der Waals surface area (Å²) in [6, 6.07) is -0.304. The summed E-state index contributed by atoms with van der Waals surface area (Å²) in [4.78, 5) is 11.9. The molecule has 4 nitrogen and oxygen atoms in total. The second-order valence-corrected chi connectivity index (χ2v) is 9.75. The third-order valence-electron chi connectivity index (χ3n) is 2.95. The topological polar surface area (TPSA) is 55.4 Å². The van der Waals surface area contributed by atoms with Crippen LogP contribution in [0, 0.1) is 0 Å². The van der Waals surface area contributed by atoms with E-state index in [0.717, 1.165) is 13.0 Å². The summed E-state index contributed by atoms with van der Waals surface area (Å²) in [6.45, 7) is 9.91. The quantitative estimate of drug-likeness (QED) is 0.610. The Morgan fingerprint density at radius 1 is 1.35 bits per heavy atom. The molecule has 0 aromatic carbocycles. The smallest absolute Gasteiger partial charge is 0.323 e. The Labute approximate surface area is 104 Å². The lowest BCUT2D eigenvalue weighted by Gasteiger charge is -2.33. The van der Waals surface area contributed by atoms with Crippen molar-refractivity contribution in [3.63, 3.8) is 0 Å². The SMILES string of the molecule is CC(C)(C)OC(=O)[C@@H]1C[C@H](P(C)(C)=O)CCN1. The van der Waals surface area contributed by atoms with E-state index in [1.165, 1.54) is 0 Å². The summed E-state index contributed by atoms with van der Waals surface area (Å²) in [6.07, 6.45) is 1.50. The van der Waals surface area contributed by atoms with Gasteiger partial charge in [0, 0.05) is 5.66 Å². The van der Waals surface area contributed by atoms with Gasteiger partial charge in [-0.05, 0) is 53.5 Å². The lowest BCUT2D eigenvalue weighted by Crippen LogP contribution is -2.47. The summed E-state index contributed by atoms with van der Waals surface area (Å²) in [7, 11) is -2.12. The minimum Gasteiger partial charge on any atom is -0.459 e. The minimum absolute atomic E-state index is 0.140. The zero-order chi connectivity index (χ0) is 13.3. The van der Waals surface area contributed by atoms with E-state index in [-0.39, 0.29) is 17.7 Å². The molecule has 100 valence electrons. The van der Waals surface area contributed by atoms with Crippen LogP contribution in [0.2, 0.25) is 0 Å². The van der Waals surface area contributed by atoms with Crippen molar-refractivity contribution < 1.29 is 14.1 Å². The first-order chi connectivity index (χ1) is 7.59.